The van der Waals surface area contributed by atoms with Crippen LogP contribution in [0.5, 0.6) is 5.75 Å². The smallest absolute Gasteiger partial charge is 0.144 e. The van der Waals surface area contributed by atoms with E-state index in [9.17, 15) is 15.0 Å². The van der Waals surface area contributed by atoms with E-state index in [0.29, 0.717) is 19.3 Å². The molecule has 2 aliphatic carbocycles. The van der Waals surface area contributed by atoms with Crippen molar-refractivity contribution in [2.24, 2.45) is 5.92 Å². The maximum atomic E-state index is 12.8. The van der Waals surface area contributed by atoms with E-state index >= 15 is 0 Å². The number of piperidine rings is 1. The molecule has 0 aromatic heterocycles. The van der Waals surface area contributed by atoms with E-state index in [4.69, 9.17) is 0 Å². The molecule has 1 saturated carbocycles. The molecule has 4 atom stereocenters. The fourth-order valence-corrected chi connectivity index (χ4v) is 4.79. The zero-order valence-electron chi connectivity index (χ0n) is 11.3. The van der Waals surface area contributed by atoms with Crippen LogP contribution in [-0.2, 0) is 16.6 Å². The first-order valence-electron chi connectivity index (χ1n) is 7.40. The van der Waals surface area contributed by atoms with Crippen LogP contribution in [0.15, 0.2) is 18.2 Å². The molecule has 0 amide bonds. The second-order valence-electron chi connectivity index (χ2n) is 6.34. The number of ketones is 1. The number of hydrogen-bond acceptors (Lipinski definition) is 4. The highest BCUT2D eigenvalue weighted by molar-refractivity contribution is 5.93. The Labute approximate surface area is 117 Å². The summed E-state index contributed by atoms with van der Waals surface area (Å²) in [6.45, 7) is 0.800. The van der Waals surface area contributed by atoms with Crippen LogP contribution >= 0.6 is 0 Å². The number of aliphatic hydroxyl groups is 1. The summed E-state index contributed by atoms with van der Waals surface area (Å²) in [5.41, 5.74) is 1.27. The SMILES string of the molecule is O=C1CC[C@H](O)[C@H]2[C@H]3Cc4c(O)cccc4[C@@]12CCN3. The Bertz CT molecular complexity index is 585. The molecule has 0 radical (unpaired) electrons. The predicted molar refractivity (Wildman–Crippen MR) is 73.6 cm³/mol. The van der Waals surface area contributed by atoms with E-state index in [1.807, 2.05) is 12.1 Å². The number of Topliss-reactive ketones (excluding diaryl/α,β-unsaturated/α-hetero) is 1. The van der Waals surface area contributed by atoms with Gasteiger partial charge >= 0.3 is 0 Å². The third kappa shape index (κ3) is 1.36. The normalized spacial score (nSPS) is 39.0. The molecule has 1 heterocycles. The average molecular weight is 273 g/mol. The lowest BCUT2D eigenvalue weighted by atomic mass is 9.51. The maximum Gasteiger partial charge on any atom is 0.144 e. The summed E-state index contributed by atoms with van der Waals surface area (Å²) in [6.07, 6.45) is 2.00. The molecule has 1 aliphatic heterocycles. The Kier molecular flexibility index (Phi) is 2.51. The number of carbonyl (C=O) groups excluding carboxylic acids is 1. The number of aliphatic hydroxyl groups excluding tert-OH is 1. The Morgan fingerprint density at radius 3 is 3.05 bits per heavy atom. The van der Waals surface area contributed by atoms with Crippen molar-refractivity contribution in [2.75, 3.05) is 6.54 Å². The molecule has 2 fully saturated rings. The van der Waals surface area contributed by atoms with Gasteiger partial charge in [-0.3, -0.25) is 4.79 Å². The lowest BCUT2D eigenvalue weighted by Crippen LogP contribution is -2.66. The molecule has 2 bridgehead atoms. The molecule has 1 aromatic rings. The largest absolute Gasteiger partial charge is 0.508 e. The Morgan fingerprint density at radius 1 is 1.35 bits per heavy atom. The molecular weight excluding hydrogens is 254 g/mol. The fraction of sp³-hybridized carbons (Fsp3) is 0.562. The molecule has 1 saturated heterocycles. The van der Waals surface area contributed by atoms with Crippen molar-refractivity contribution in [1.82, 2.24) is 5.32 Å². The van der Waals surface area contributed by atoms with Crippen molar-refractivity contribution in [3.05, 3.63) is 29.3 Å². The fourth-order valence-electron chi connectivity index (χ4n) is 4.79. The summed E-state index contributed by atoms with van der Waals surface area (Å²) < 4.78 is 0. The molecule has 1 aromatic carbocycles. The van der Waals surface area contributed by atoms with Gasteiger partial charge in [-0.1, -0.05) is 12.1 Å². The van der Waals surface area contributed by atoms with Crippen LogP contribution in [-0.4, -0.2) is 34.7 Å². The lowest BCUT2D eigenvalue weighted by molar-refractivity contribution is -0.139. The van der Waals surface area contributed by atoms with Crippen molar-refractivity contribution in [3.63, 3.8) is 0 Å². The van der Waals surface area contributed by atoms with Gasteiger partial charge in [0.1, 0.15) is 11.5 Å². The molecule has 4 heteroatoms. The number of nitrogens with one attached hydrogen (secondary N) is 1. The average Bonchev–Trinajstić information content (AvgIpc) is 2.44. The van der Waals surface area contributed by atoms with Gasteiger partial charge < -0.3 is 15.5 Å². The van der Waals surface area contributed by atoms with Crippen molar-refractivity contribution in [2.45, 2.75) is 43.2 Å². The van der Waals surface area contributed by atoms with E-state index in [-0.39, 0.29) is 23.5 Å². The number of phenols is 1. The van der Waals surface area contributed by atoms with Crippen LogP contribution in [0, 0.1) is 5.92 Å². The topological polar surface area (TPSA) is 69.6 Å². The van der Waals surface area contributed by atoms with Crippen LogP contribution < -0.4 is 5.32 Å². The van der Waals surface area contributed by atoms with Gasteiger partial charge in [0.2, 0.25) is 0 Å². The highest BCUT2D eigenvalue weighted by Gasteiger charge is 2.59. The van der Waals surface area contributed by atoms with E-state index in [1.54, 1.807) is 6.07 Å². The number of hydrogen-bond donors (Lipinski definition) is 3. The van der Waals surface area contributed by atoms with Gasteiger partial charge in [-0.2, -0.15) is 0 Å². The zero-order chi connectivity index (χ0) is 13.9. The molecule has 20 heavy (non-hydrogen) atoms. The monoisotopic (exact) mass is 273 g/mol. The van der Waals surface area contributed by atoms with Crippen LogP contribution in [0.4, 0.5) is 0 Å². The number of aromatic hydroxyl groups is 1. The predicted octanol–water partition coefficient (Wildman–Crippen LogP) is 0.888. The van der Waals surface area contributed by atoms with E-state index in [2.05, 4.69) is 5.32 Å². The van der Waals surface area contributed by atoms with Crippen LogP contribution in [0.25, 0.3) is 0 Å². The molecule has 4 nitrogen and oxygen atoms in total. The maximum absolute atomic E-state index is 12.8. The van der Waals surface area contributed by atoms with Gasteiger partial charge in [0.05, 0.1) is 11.5 Å². The Hall–Kier alpha value is -1.39. The summed E-state index contributed by atoms with van der Waals surface area (Å²) in [5, 5.41) is 24.1. The molecule has 3 N–H and O–H groups in total. The second-order valence-corrected chi connectivity index (χ2v) is 6.34. The van der Waals surface area contributed by atoms with E-state index in [1.165, 1.54) is 0 Å². The van der Waals surface area contributed by atoms with E-state index in [0.717, 1.165) is 24.1 Å². The number of phenolic OH excluding ortho intramolecular Hbond substituents is 1. The first-order valence-corrected chi connectivity index (χ1v) is 7.40. The highest BCUT2D eigenvalue weighted by atomic mass is 16.3. The molecule has 106 valence electrons. The number of carbonyl (C=O) groups is 1. The van der Waals surface area contributed by atoms with Crippen molar-refractivity contribution in [1.29, 1.82) is 0 Å². The second kappa shape index (κ2) is 4.06. The summed E-state index contributed by atoms with van der Waals surface area (Å²) in [6, 6.07) is 5.56. The van der Waals surface area contributed by atoms with E-state index < -0.39 is 11.5 Å². The summed E-state index contributed by atoms with van der Waals surface area (Å²) in [4.78, 5) is 12.8. The Morgan fingerprint density at radius 2 is 2.20 bits per heavy atom. The third-order valence-electron chi connectivity index (χ3n) is 5.56. The molecule has 0 unspecified atom stereocenters. The zero-order valence-corrected chi connectivity index (χ0v) is 11.3. The van der Waals surface area contributed by atoms with Crippen LogP contribution in [0.3, 0.4) is 0 Å². The minimum Gasteiger partial charge on any atom is -0.508 e. The number of rotatable bonds is 0. The van der Waals surface area contributed by atoms with Gasteiger partial charge in [-0.05, 0) is 43.0 Å². The minimum atomic E-state index is -0.583. The van der Waals surface area contributed by atoms with Gasteiger partial charge in [-0.25, -0.2) is 0 Å². The molecule has 3 aliphatic rings. The standard InChI is InChI=1S/C16H19NO3/c18-12-3-1-2-10-9(12)8-11-15-13(19)4-5-14(20)16(10,15)6-7-17-11/h1-3,11,13,15,17-19H,4-8H2/t11-,13+,15-,16+/m1/s1. The van der Waals surface area contributed by atoms with Crippen LogP contribution in [0.1, 0.15) is 30.4 Å². The number of fused-ring (bicyclic) bond motifs is 1. The summed E-state index contributed by atoms with van der Waals surface area (Å²) >= 11 is 0. The van der Waals surface area contributed by atoms with Crippen molar-refractivity contribution in [3.8, 4) is 5.75 Å². The third-order valence-corrected chi connectivity index (χ3v) is 5.56. The molecular formula is C16H19NO3. The van der Waals surface area contributed by atoms with Gasteiger partial charge in [0.15, 0.2) is 0 Å². The van der Waals surface area contributed by atoms with Gasteiger partial charge in [-0.15, -0.1) is 0 Å². The van der Waals surface area contributed by atoms with Gasteiger partial charge in [0, 0.05) is 18.4 Å². The highest BCUT2D eigenvalue weighted by Crippen LogP contribution is 2.53. The molecule has 0 spiro atoms. The number of benzene rings is 1. The summed E-state index contributed by atoms with van der Waals surface area (Å²) in [5.74, 6) is 0.472. The van der Waals surface area contributed by atoms with Gasteiger partial charge in [0.25, 0.3) is 0 Å². The summed E-state index contributed by atoms with van der Waals surface area (Å²) in [7, 11) is 0. The lowest BCUT2D eigenvalue weighted by Gasteiger charge is -2.56. The first kappa shape index (κ1) is 12.4. The first-order chi connectivity index (χ1) is 9.64. The minimum absolute atomic E-state index is 0.0493. The van der Waals surface area contributed by atoms with Crippen molar-refractivity contribution >= 4 is 5.78 Å². The van der Waals surface area contributed by atoms with Crippen LogP contribution in [0.2, 0.25) is 0 Å². The quantitative estimate of drug-likeness (QED) is 0.656. The van der Waals surface area contributed by atoms with Crippen molar-refractivity contribution < 1.29 is 15.0 Å². The molecule has 4 rings (SSSR count). The Balaban J connectivity index is 1.99.